The second-order valence-electron chi connectivity index (χ2n) is 8.56. The fourth-order valence-corrected chi connectivity index (χ4v) is 6.32. The first-order chi connectivity index (χ1) is 11.0. The Labute approximate surface area is 137 Å². The van der Waals surface area contributed by atoms with E-state index in [9.17, 15) is 4.79 Å². The Bertz CT molecular complexity index is 698. The van der Waals surface area contributed by atoms with E-state index in [0.29, 0.717) is 17.4 Å². The smallest absolute Gasteiger partial charge is 0.336 e. The second kappa shape index (κ2) is 4.38. The van der Waals surface area contributed by atoms with Crippen molar-refractivity contribution in [2.24, 2.45) is 16.7 Å². The molecule has 23 heavy (non-hydrogen) atoms. The summed E-state index contributed by atoms with van der Waals surface area (Å²) in [6.45, 7) is 5.83. The Morgan fingerprint density at radius 2 is 2.04 bits per heavy atom. The van der Waals surface area contributed by atoms with Crippen molar-refractivity contribution in [3.63, 3.8) is 0 Å². The third kappa shape index (κ3) is 1.77. The van der Waals surface area contributed by atoms with Gasteiger partial charge < -0.3 is 9.47 Å². The van der Waals surface area contributed by atoms with Gasteiger partial charge in [-0.3, -0.25) is 0 Å². The number of carbonyl (C=O) groups excluding carboxylic acids is 1. The third-order valence-electron chi connectivity index (χ3n) is 7.15. The molecule has 0 aromatic carbocycles. The average molecular weight is 312 g/mol. The molecule has 3 nitrogen and oxygen atoms in total. The molecule has 2 heterocycles. The first-order valence-electron chi connectivity index (χ1n) is 8.98. The van der Waals surface area contributed by atoms with Gasteiger partial charge in [0.15, 0.2) is 0 Å². The summed E-state index contributed by atoms with van der Waals surface area (Å²) in [6.07, 6.45) is 11.0. The predicted octanol–water partition coefficient (Wildman–Crippen LogP) is 4.06. The molecule has 122 valence electrons. The fourth-order valence-electron chi connectivity index (χ4n) is 6.32. The van der Waals surface area contributed by atoms with Gasteiger partial charge >= 0.3 is 5.97 Å². The number of carbonyl (C=O) groups is 1. The van der Waals surface area contributed by atoms with Crippen molar-refractivity contribution in [3.8, 4) is 0 Å². The van der Waals surface area contributed by atoms with E-state index in [1.165, 1.54) is 24.8 Å². The molecule has 3 aliphatic carbocycles. The minimum atomic E-state index is -0.211. The highest BCUT2D eigenvalue weighted by molar-refractivity contribution is 5.88. The van der Waals surface area contributed by atoms with Crippen LogP contribution < -0.4 is 0 Å². The van der Waals surface area contributed by atoms with Crippen LogP contribution in [-0.2, 0) is 14.3 Å². The van der Waals surface area contributed by atoms with Gasteiger partial charge in [0.05, 0.1) is 12.7 Å². The molecular formula is C20H24O3. The van der Waals surface area contributed by atoms with Crippen molar-refractivity contribution in [2.75, 3.05) is 6.61 Å². The molecule has 0 amide bonds. The highest BCUT2D eigenvalue weighted by Gasteiger charge is 2.60. The van der Waals surface area contributed by atoms with Crippen molar-refractivity contribution in [2.45, 2.75) is 58.5 Å². The van der Waals surface area contributed by atoms with E-state index in [4.69, 9.17) is 9.47 Å². The lowest BCUT2D eigenvalue weighted by molar-refractivity contribution is -0.132. The lowest BCUT2D eigenvalue weighted by Crippen LogP contribution is -2.49. The number of ether oxygens (including phenoxy) is 2. The first kappa shape index (κ1) is 14.0. The molecule has 5 rings (SSSR count). The number of allylic oxidation sites excluding steroid dienone is 3. The van der Waals surface area contributed by atoms with E-state index in [0.717, 1.165) is 37.2 Å². The first-order valence-corrected chi connectivity index (χ1v) is 8.98. The Hall–Kier alpha value is -1.35. The molecule has 0 radical (unpaired) electrons. The van der Waals surface area contributed by atoms with E-state index >= 15 is 0 Å². The fraction of sp³-hybridized carbons (Fsp3) is 0.650. The molecule has 4 atom stereocenters. The van der Waals surface area contributed by atoms with Crippen LogP contribution in [0.3, 0.4) is 0 Å². The van der Waals surface area contributed by atoms with Gasteiger partial charge in [0, 0.05) is 17.6 Å². The molecule has 0 N–H and O–H groups in total. The zero-order valence-corrected chi connectivity index (χ0v) is 14.0. The molecule has 0 spiro atoms. The van der Waals surface area contributed by atoms with E-state index < -0.39 is 0 Å². The van der Waals surface area contributed by atoms with Crippen molar-refractivity contribution < 1.29 is 14.3 Å². The van der Waals surface area contributed by atoms with E-state index in [1.807, 2.05) is 0 Å². The van der Waals surface area contributed by atoms with Crippen LogP contribution >= 0.6 is 0 Å². The monoisotopic (exact) mass is 312 g/mol. The van der Waals surface area contributed by atoms with Crippen LogP contribution in [0.2, 0.25) is 0 Å². The highest BCUT2D eigenvalue weighted by Crippen LogP contribution is 2.64. The van der Waals surface area contributed by atoms with E-state index in [-0.39, 0.29) is 11.4 Å². The lowest BCUT2D eigenvalue weighted by Gasteiger charge is -2.53. The summed E-state index contributed by atoms with van der Waals surface area (Å²) in [5, 5.41) is 0. The zero-order chi connectivity index (χ0) is 15.8. The van der Waals surface area contributed by atoms with Gasteiger partial charge in [0.2, 0.25) is 0 Å². The van der Waals surface area contributed by atoms with Crippen LogP contribution in [0, 0.1) is 16.7 Å². The number of fused-ring (bicyclic) bond motifs is 2. The Balaban J connectivity index is 1.63. The van der Waals surface area contributed by atoms with Gasteiger partial charge in [-0.25, -0.2) is 4.79 Å². The minimum Gasteiger partial charge on any atom is -0.423 e. The van der Waals surface area contributed by atoms with Crippen LogP contribution in [0.5, 0.6) is 0 Å². The molecule has 5 aliphatic rings. The van der Waals surface area contributed by atoms with Crippen LogP contribution in [0.4, 0.5) is 0 Å². The number of hydrogen-bond donors (Lipinski definition) is 0. The van der Waals surface area contributed by atoms with Crippen molar-refractivity contribution >= 4 is 5.97 Å². The van der Waals surface area contributed by atoms with Crippen LogP contribution in [-0.4, -0.2) is 18.7 Å². The summed E-state index contributed by atoms with van der Waals surface area (Å²) >= 11 is 0. The van der Waals surface area contributed by atoms with Crippen LogP contribution in [0.25, 0.3) is 0 Å². The second-order valence-corrected chi connectivity index (χ2v) is 8.56. The van der Waals surface area contributed by atoms with E-state index in [2.05, 4.69) is 19.9 Å². The normalized spacial score (nSPS) is 44.7. The number of rotatable bonds is 0. The maximum absolute atomic E-state index is 11.6. The summed E-state index contributed by atoms with van der Waals surface area (Å²) < 4.78 is 11.7. The standard InChI is InChI=1S/C20H24O3/c1-19-6-3-7-20(2)14-5-4-12-10-17(21)23-15(12)8-13(14)9-16(18(19)20)22-11-19/h8,10,16,18H,3-7,9,11H2,1-2H3/t16-,18+,19-,20-/m1/s1. The van der Waals surface area contributed by atoms with Crippen LogP contribution in [0.1, 0.15) is 52.4 Å². The molecule has 0 unspecified atom stereocenters. The molecule has 3 heteroatoms. The molecule has 0 aromatic heterocycles. The Morgan fingerprint density at radius 1 is 1.17 bits per heavy atom. The van der Waals surface area contributed by atoms with Gasteiger partial charge in [0.1, 0.15) is 5.76 Å². The topological polar surface area (TPSA) is 35.5 Å². The van der Waals surface area contributed by atoms with Crippen molar-refractivity contribution in [3.05, 3.63) is 34.6 Å². The Morgan fingerprint density at radius 3 is 2.91 bits per heavy atom. The molecule has 0 bridgehead atoms. The van der Waals surface area contributed by atoms with Gasteiger partial charge in [0.25, 0.3) is 0 Å². The summed E-state index contributed by atoms with van der Waals surface area (Å²) in [4.78, 5) is 11.6. The molecule has 2 aliphatic heterocycles. The largest absolute Gasteiger partial charge is 0.423 e. The third-order valence-corrected chi connectivity index (χ3v) is 7.15. The minimum absolute atomic E-state index is 0.211. The maximum Gasteiger partial charge on any atom is 0.336 e. The average Bonchev–Trinajstić information content (AvgIpc) is 2.94. The van der Waals surface area contributed by atoms with Crippen molar-refractivity contribution in [1.29, 1.82) is 0 Å². The molecule has 2 fully saturated rings. The number of esters is 1. The highest BCUT2D eigenvalue weighted by atomic mass is 16.5. The van der Waals surface area contributed by atoms with Gasteiger partial charge in [-0.1, -0.05) is 25.8 Å². The zero-order valence-electron chi connectivity index (χ0n) is 14.0. The van der Waals surface area contributed by atoms with E-state index in [1.54, 1.807) is 11.6 Å². The SMILES string of the molecule is C[C@@]12CCC[C@]3(C)C4=C(C=C5OC(=O)C=C5CC4)C[C@@H](OC1)[C@@H]23. The summed E-state index contributed by atoms with van der Waals surface area (Å²) in [5.41, 5.74) is 4.68. The lowest BCUT2D eigenvalue weighted by atomic mass is 9.50. The van der Waals surface area contributed by atoms with Crippen molar-refractivity contribution in [1.82, 2.24) is 0 Å². The molecule has 1 saturated carbocycles. The quantitative estimate of drug-likeness (QED) is 0.633. The molecule has 1 saturated heterocycles. The van der Waals surface area contributed by atoms with Gasteiger partial charge in [-0.15, -0.1) is 0 Å². The predicted molar refractivity (Wildman–Crippen MR) is 86.4 cm³/mol. The van der Waals surface area contributed by atoms with Gasteiger partial charge in [-0.2, -0.15) is 0 Å². The summed E-state index contributed by atoms with van der Waals surface area (Å²) in [6, 6.07) is 0. The number of hydrogen-bond acceptors (Lipinski definition) is 3. The summed E-state index contributed by atoms with van der Waals surface area (Å²) in [5.74, 6) is 1.23. The molecule has 0 aromatic rings. The van der Waals surface area contributed by atoms with Crippen LogP contribution in [0.15, 0.2) is 34.6 Å². The molecular weight excluding hydrogens is 288 g/mol. The van der Waals surface area contributed by atoms with Gasteiger partial charge in [-0.05, 0) is 54.6 Å². The summed E-state index contributed by atoms with van der Waals surface area (Å²) in [7, 11) is 0. The Kier molecular flexibility index (Phi) is 2.67. The maximum atomic E-state index is 11.6.